The predicted molar refractivity (Wildman–Crippen MR) is 125 cm³/mol. The van der Waals surface area contributed by atoms with Crippen molar-refractivity contribution in [3.05, 3.63) is 65.1 Å². The third-order valence-corrected chi connectivity index (χ3v) is 7.03. The van der Waals surface area contributed by atoms with Crippen LogP contribution in [0.5, 0.6) is 0 Å². The average molecular weight is 465 g/mol. The van der Waals surface area contributed by atoms with Crippen LogP contribution in [-0.4, -0.2) is 22.2 Å². The van der Waals surface area contributed by atoms with Crippen molar-refractivity contribution in [2.75, 3.05) is 5.32 Å². The van der Waals surface area contributed by atoms with Crippen molar-refractivity contribution in [2.45, 2.75) is 45.1 Å². The van der Waals surface area contributed by atoms with Crippen molar-refractivity contribution >= 4 is 23.6 Å². The molecule has 6 nitrogen and oxygen atoms in total. The summed E-state index contributed by atoms with van der Waals surface area (Å²) >= 11 is 0. The number of aromatic amines is 1. The molecule has 0 saturated heterocycles. The molecule has 0 bridgehead atoms. The number of ketones is 1. The lowest BCUT2D eigenvalue weighted by atomic mass is 9.80. The third kappa shape index (κ3) is 3.87. The number of carbonyl (C=O) groups excluding carboxylic acids is 2. The van der Waals surface area contributed by atoms with Crippen molar-refractivity contribution in [1.29, 1.82) is 0 Å². The van der Waals surface area contributed by atoms with E-state index in [0.29, 0.717) is 41.4 Å². The van der Waals surface area contributed by atoms with Gasteiger partial charge in [-0.05, 0) is 55.4 Å². The largest absolute Gasteiger partial charge is 0.356 e. The molecule has 0 radical (unpaired) electrons. The number of pyridine rings is 1. The number of amides is 1. The van der Waals surface area contributed by atoms with Gasteiger partial charge in [0.25, 0.3) is 0 Å². The predicted octanol–water partition coefficient (Wildman–Crippen LogP) is 5.23. The molecule has 2 aliphatic carbocycles. The molecule has 34 heavy (non-hydrogen) atoms. The molecular formula is C26H26F2N4O2. The van der Waals surface area contributed by atoms with E-state index in [2.05, 4.69) is 34.4 Å². The summed E-state index contributed by atoms with van der Waals surface area (Å²) in [5.41, 5.74) is 4.03. The third-order valence-electron chi connectivity index (χ3n) is 7.03. The molecule has 1 fully saturated rings. The zero-order chi connectivity index (χ0) is 24.0. The number of nitrogens with one attached hydrogen (secondary N) is 3. The maximum absolute atomic E-state index is 13.9. The number of carbonyl (C=O) groups is 2. The summed E-state index contributed by atoms with van der Waals surface area (Å²) in [5, 5.41) is 6.04. The number of fused-ring (bicyclic) bond motifs is 1. The Morgan fingerprint density at radius 2 is 1.94 bits per heavy atom. The first-order chi connectivity index (χ1) is 16.3. The van der Waals surface area contributed by atoms with E-state index in [1.807, 2.05) is 12.1 Å². The number of aromatic nitrogens is 2. The highest BCUT2D eigenvalue weighted by atomic mass is 19.2. The van der Waals surface area contributed by atoms with Crippen LogP contribution in [0.4, 0.5) is 20.2 Å². The van der Waals surface area contributed by atoms with Gasteiger partial charge < -0.3 is 15.6 Å². The quantitative estimate of drug-likeness (QED) is 0.418. The van der Waals surface area contributed by atoms with Crippen LogP contribution >= 0.6 is 0 Å². The minimum Gasteiger partial charge on any atom is -0.356 e. The van der Waals surface area contributed by atoms with Gasteiger partial charge in [0, 0.05) is 35.6 Å². The zero-order valence-electron chi connectivity index (χ0n) is 19.0. The molecule has 0 spiro atoms. The van der Waals surface area contributed by atoms with Crippen LogP contribution in [-0.2, 0) is 16.8 Å². The van der Waals surface area contributed by atoms with Gasteiger partial charge in [-0.1, -0.05) is 13.8 Å². The molecule has 1 saturated carbocycles. The van der Waals surface area contributed by atoms with Crippen LogP contribution in [0.2, 0.25) is 0 Å². The molecule has 1 aromatic carbocycles. The zero-order valence-corrected chi connectivity index (χ0v) is 19.0. The lowest BCUT2D eigenvalue weighted by Gasteiger charge is -2.25. The number of H-pyrrole nitrogens is 1. The number of halogens is 2. The van der Waals surface area contributed by atoms with Crippen LogP contribution in [0.25, 0.3) is 11.3 Å². The van der Waals surface area contributed by atoms with Crippen molar-refractivity contribution < 1.29 is 18.4 Å². The first-order valence-corrected chi connectivity index (χ1v) is 11.5. The normalized spacial score (nSPS) is 18.5. The second-order valence-corrected chi connectivity index (χ2v) is 9.59. The monoisotopic (exact) mass is 464 g/mol. The Balaban J connectivity index is 1.62. The summed E-state index contributed by atoms with van der Waals surface area (Å²) in [6.07, 6.45) is 5.13. The Hall–Kier alpha value is -3.55. The van der Waals surface area contributed by atoms with Crippen molar-refractivity contribution in [2.24, 2.45) is 11.8 Å². The van der Waals surface area contributed by atoms with Gasteiger partial charge in [0.2, 0.25) is 6.41 Å². The van der Waals surface area contributed by atoms with E-state index >= 15 is 0 Å². The van der Waals surface area contributed by atoms with E-state index < -0.39 is 17.2 Å². The van der Waals surface area contributed by atoms with E-state index in [0.717, 1.165) is 48.3 Å². The SMILES string of the molecule is CC(C)C1CC(=O)c2c([nH]c(-c3ccnc(C4(NC=O)CC4)c3)c2Nc2ccc(F)c(F)c2)C1. The summed E-state index contributed by atoms with van der Waals surface area (Å²) in [5.74, 6) is -1.31. The summed E-state index contributed by atoms with van der Waals surface area (Å²) in [6, 6.07) is 7.31. The molecule has 5 rings (SSSR count). The molecule has 176 valence electrons. The van der Waals surface area contributed by atoms with Crippen LogP contribution in [0.1, 0.15) is 54.9 Å². The fourth-order valence-electron chi connectivity index (χ4n) is 4.78. The highest BCUT2D eigenvalue weighted by Gasteiger charge is 2.45. The Kier molecular flexibility index (Phi) is 5.46. The second-order valence-electron chi connectivity index (χ2n) is 9.59. The first kappa shape index (κ1) is 22.3. The standard InChI is InChI=1S/C26H26F2N4O2/c1-14(2)16-9-20-23(21(34)10-16)25(31-17-3-4-18(27)19(28)12-17)24(32-20)15-5-8-29-22(11-15)26(6-7-26)30-13-33/h3-5,8,11-14,16,31-32H,6-7,9-10H2,1-2H3,(H,30,33). The Bertz CT molecular complexity index is 1280. The number of rotatable bonds is 7. The highest BCUT2D eigenvalue weighted by Crippen LogP contribution is 2.46. The van der Waals surface area contributed by atoms with Gasteiger partial charge in [0.1, 0.15) is 0 Å². The Labute approximate surface area is 196 Å². The molecule has 2 aliphatic rings. The fraction of sp³-hybridized carbons (Fsp3) is 0.346. The minimum atomic E-state index is -0.969. The number of nitrogens with zero attached hydrogens (tertiary/aromatic N) is 1. The topological polar surface area (TPSA) is 86.9 Å². The molecule has 1 atom stereocenters. The number of anilines is 2. The van der Waals surface area contributed by atoms with Gasteiger partial charge in [0.05, 0.1) is 28.2 Å². The smallest absolute Gasteiger partial charge is 0.207 e. The fourth-order valence-corrected chi connectivity index (χ4v) is 4.78. The van der Waals surface area contributed by atoms with Crippen LogP contribution < -0.4 is 10.6 Å². The van der Waals surface area contributed by atoms with E-state index in [4.69, 9.17) is 0 Å². The number of hydrogen-bond donors (Lipinski definition) is 3. The van der Waals surface area contributed by atoms with Gasteiger partial charge in [-0.2, -0.15) is 0 Å². The highest BCUT2D eigenvalue weighted by molar-refractivity contribution is 6.07. The molecule has 3 aromatic rings. The molecule has 1 amide bonds. The van der Waals surface area contributed by atoms with E-state index in [1.54, 1.807) is 6.20 Å². The Morgan fingerprint density at radius 1 is 1.15 bits per heavy atom. The van der Waals surface area contributed by atoms with Gasteiger partial charge in [-0.3, -0.25) is 14.6 Å². The maximum Gasteiger partial charge on any atom is 0.207 e. The van der Waals surface area contributed by atoms with Crippen LogP contribution in [0.15, 0.2) is 36.5 Å². The van der Waals surface area contributed by atoms with Crippen molar-refractivity contribution in [1.82, 2.24) is 15.3 Å². The minimum absolute atomic E-state index is 0.0168. The van der Waals surface area contributed by atoms with Gasteiger partial charge in [0.15, 0.2) is 17.4 Å². The summed E-state index contributed by atoms with van der Waals surface area (Å²) in [6.45, 7) is 4.22. The molecular weight excluding hydrogens is 438 g/mol. The van der Waals surface area contributed by atoms with Crippen LogP contribution in [0, 0.1) is 23.5 Å². The van der Waals surface area contributed by atoms with E-state index in [-0.39, 0.29) is 11.7 Å². The van der Waals surface area contributed by atoms with E-state index in [1.165, 1.54) is 6.07 Å². The van der Waals surface area contributed by atoms with Gasteiger partial charge >= 0.3 is 0 Å². The summed E-state index contributed by atoms with van der Waals surface area (Å²) < 4.78 is 27.4. The molecule has 2 aromatic heterocycles. The van der Waals surface area contributed by atoms with Gasteiger partial charge in [-0.25, -0.2) is 8.78 Å². The molecule has 0 aliphatic heterocycles. The second kappa shape index (κ2) is 8.34. The average Bonchev–Trinajstić information content (AvgIpc) is 3.51. The van der Waals surface area contributed by atoms with Crippen LogP contribution in [0.3, 0.4) is 0 Å². The lowest BCUT2D eigenvalue weighted by Crippen LogP contribution is -2.28. The molecule has 3 N–H and O–H groups in total. The molecule has 1 unspecified atom stereocenters. The summed E-state index contributed by atoms with van der Waals surface area (Å²) in [4.78, 5) is 32.3. The lowest BCUT2D eigenvalue weighted by molar-refractivity contribution is -0.110. The van der Waals surface area contributed by atoms with Crippen molar-refractivity contribution in [3.8, 4) is 11.3 Å². The molecule has 2 heterocycles. The van der Waals surface area contributed by atoms with E-state index in [9.17, 15) is 18.4 Å². The first-order valence-electron chi connectivity index (χ1n) is 11.5. The number of benzene rings is 1. The molecule has 8 heteroatoms. The number of hydrogen-bond acceptors (Lipinski definition) is 4. The van der Waals surface area contributed by atoms with Crippen molar-refractivity contribution in [3.63, 3.8) is 0 Å². The number of Topliss-reactive ketones (excluding diaryl/α,β-unsaturated/α-hetero) is 1. The van der Waals surface area contributed by atoms with Gasteiger partial charge in [-0.15, -0.1) is 0 Å². The summed E-state index contributed by atoms with van der Waals surface area (Å²) in [7, 11) is 0. The maximum atomic E-state index is 13.9. The Morgan fingerprint density at radius 3 is 2.62 bits per heavy atom.